The molecule has 1 heterocycles. The Morgan fingerprint density at radius 2 is 1.76 bits per heavy atom. The van der Waals surface area contributed by atoms with Crippen molar-refractivity contribution in [3.63, 3.8) is 0 Å². The van der Waals surface area contributed by atoms with Crippen LogP contribution >= 0.6 is 0 Å². The van der Waals surface area contributed by atoms with Crippen molar-refractivity contribution < 1.29 is 49.6 Å². The smallest absolute Gasteiger partial charge is 0.161 e. The molecule has 8 N–H and O–H groups in total. The summed E-state index contributed by atoms with van der Waals surface area (Å²) < 4.78 is 17.2. The van der Waals surface area contributed by atoms with Crippen LogP contribution in [-0.2, 0) is 20.7 Å². The molecule has 0 saturated carbocycles. The van der Waals surface area contributed by atoms with Crippen LogP contribution in [0, 0.1) is 0 Å². The molecule has 11 nitrogen and oxygen atoms in total. The molecule has 1 aliphatic carbocycles. The Hall–Kier alpha value is -3.35. The fourth-order valence-electron chi connectivity index (χ4n) is 5.70. The number of phenolic OH excluding ortho intramolecular Hbond substituents is 4. The lowest BCUT2D eigenvalue weighted by atomic mass is 9.74. The van der Waals surface area contributed by atoms with Gasteiger partial charge in [-0.3, -0.25) is 4.79 Å². The zero-order valence-electron chi connectivity index (χ0n) is 21.1. The number of carbonyl (C=O) groups excluding carboxylic acids is 1. The summed E-state index contributed by atoms with van der Waals surface area (Å²) in [5.74, 6) is -2.26. The maximum atomic E-state index is 12.5. The molecule has 0 spiro atoms. The lowest BCUT2D eigenvalue weighted by molar-refractivity contribution is -0.247. The van der Waals surface area contributed by atoms with E-state index in [1.54, 1.807) is 19.1 Å². The fraction of sp³-hybridized carbons (Fsp3) is 0.444. The maximum absolute atomic E-state index is 12.5. The predicted octanol–water partition coefficient (Wildman–Crippen LogP) is 1.97. The van der Waals surface area contributed by atoms with Crippen LogP contribution in [0.15, 0.2) is 18.2 Å². The summed E-state index contributed by atoms with van der Waals surface area (Å²) in [7, 11) is 1.39. The Morgan fingerprint density at radius 1 is 1.08 bits per heavy atom. The van der Waals surface area contributed by atoms with Crippen LogP contribution in [0.2, 0.25) is 0 Å². The molecule has 38 heavy (non-hydrogen) atoms. The Morgan fingerprint density at radius 3 is 2.39 bits per heavy atom. The summed E-state index contributed by atoms with van der Waals surface area (Å²) >= 11 is 0. The van der Waals surface area contributed by atoms with Gasteiger partial charge in [-0.2, -0.15) is 0 Å². The number of hydrogen-bond acceptors (Lipinski definition) is 11. The number of ketones is 1. The van der Waals surface area contributed by atoms with Gasteiger partial charge in [-0.15, -0.1) is 0 Å². The van der Waals surface area contributed by atoms with Crippen molar-refractivity contribution in [3.05, 3.63) is 29.3 Å². The van der Waals surface area contributed by atoms with Gasteiger partial charge in [0.15, 0.2) is 12.1 Å². The van der Waals surface area contributed by atoms with E-state index in [0.29, 0.717) is 0 Å². The second-order valence-electron chi connectivity index (χ2n) is 10.2. The first-order valence-corrected chi connectivity index (χ1v) is 12.3. The number of aliphatic hydroxyl groups excluding tert-OH is 1. The van der Waals surface area contributed by atoms with Crippen LogP contribution in [0.5, 0.6) is 28.7 Å². The first-order valence-electron chi connectivity index (χ1n) is 12.3. The van der Waals surface area contributed by atoms with Gasteiger partial charge in [-0.1, -0.05) is 12.1 Å². The monoisotopic (exact) mass is 529 g/mol. The number of Topliss-reactive ketones (excluding diaryl/α,β-unsaturated/α-hetero) is 1. The van der Waals surface area contributed by atoms with Gasteiger partial charge in [0.25, 0.3) is 0 Å². The highest BCUT2D eigenvalue weighted by atomic mass is 16.7. The van der Waals surface area contributed by atoms with E-state index in [-0.39, 0.29) is 57.7 Å². The number of rotatable bonds is 4. The summed E-state index contributed by atoms with van der Waals surface area (Å²) in [5, 5.41) is 66.5. The first-order chi connectivity index (χ1) is 17.9. The van der Waals surface area contributed by atoms with E-state index in [4.69, 9.17) is 19.9 Å². The number of ether oxygens (including phenoxy) is 3. The second-order valence-corrected chi connectivity index (χ2v) is 10.2. The van der Waals surface area contributed by atoms with E-state index in [1.807, 2.05) is 0 Å². The van der Waals surface area contributed by atoms with Crippen LogP contribution < -0.4 is 10.5 Å². The van der Waals surface area contributed by atoms with Gasteiger partial charge in [0.2, 0.25) is 0 Å². The highest BCUT2D eigenvalue weighted by Gasteiger charge is 2.47. The SMILES string of the molecule is COc1cccc2c(O)c3c(O)c4c(c(O)c3c(O)c12)[C@@H](O[C@H]1C[C@H](N)[C@H](O)[C@@H](C)O1)C[C@](O)(C(C)=O)C4. The number of carbonyl (C=O) groups is 1. The molecule has 0 radical (unpaired) electrons. The molecule has 3 aromatic carbocycles. The van der Waals surface area contributed by atoms with Crippen LogP contribution in [0.1, 0.15) is 43.9 Å². The average Bonchev–Trinajstić information content (AvgIpc) is 2.87. The van der Waals surface area contributed by atoms with Gasteiger partial charge in [0, 0.05) is 41.8 Å². The van der Waals surface area contributed by atoms with Crippen LogP contribution in [0.3, 0.4) is 0 Å². The van der Waals surface area contributed by atoms with E-state index >= 15 is 0 Å². The number of aliphatic hydroxyl groups is 2. The molecular formula is C27H31NO10. The van der Waals surface area contributed by atoms with Crippen molar-refractivity contribution in [2.24, 2.45) is 5.73 Å². The number of nitrogens with two attached hydrogens (primary N) is 1. The van der Waals surface area contributed by atoms with E-state index in [0.717, 1.165) is 0 Å². The minimum Gasteiger partial charge on any atom is -0.507 e. The molecule has 1 fully saturated rings. The van der Waals surface area contributed by atoms with Gasteiger partial charge >= 0.3 is 0 Å². The third kappa shape index (κ3) is 3.81. The molecule has 0 amide bonds. The summed E-state index contributed by atoms with van der Waals surface area (Å²) in [5.41, 5.74) is 4.08. The largest absolute Gasteiger partial charge is 0.507 e. The molecule has 0 aromatic heterocycles. The van der Waals surface area contributed by atoms with E-state index in [2.05, 4.69) is 0 Å². The standard InChI is InChI=1S/C27H31NO10/c1-10-22(30)14(28)7-17(37-10)38-16-9-27(35,11(2)29)8-13-19(16)26(34)21-20(24(13)32)23(31)12-5-4-6-15(36-3)18(12)25(21)33/h4-6,10,14,16-17,22,30-35H,7-9,28H2,1-3H3/t10-,14+,16+,17+,22-,27+/m1/s1. The van der Waals surface area contributed by atoms with Crippen LogP contribution in [-0.4, -0.2) is 73.7 Å². The maximum Gasteiger partial charge on any atom is 0.161 e. The predicted molar refractivity (Wildman–Crippen MR) is 135 cm³/mol. The van der Waals surface area contributed by atoms with Crippen LogP contribution in [0.4, 0.5) is 0 Å². The number of fused-ring (bicyclic) bond motifs is 3. The van der Waals surface area contributed by atoms with Gasteiger partial charge < -0.3 is 50.6 Å². The Labute approximate surface area is 217 Å². The lowest BCUT2D eigenvalue weighted by Gasteiger charge is -2.41. The fourth-order valence-corrected chi connectivity index (χ4v) is 5.70. The molecule has 0 bridgehead atoms. The van der Waals surface area contributed by atoms with Gasteiger partial charge in [0.1, 0.15) is 34.3 Å². The lowest BCUT2D eigenvalue weighted by Crippen LogP contribution is -2.52. The molecule has 1 aliphatic heterocycles. The highest BCUT2D eigenvalue weighted by Crippen LogP contribution is 2.57. The van der Waals surface area contributed by atoms with Gasteiger partial charge in [-0.25, -0.2) is 0 Å². The average molecular weight is 530 g/mol. The topological polar surface area (TPSA) is 192 Å². The third-order valence-electron chi connectivity index (χ3n) is 7.84. The number of benzene rings is 3. The molecule has 0 unspecified atom stereocenters. The van der Waals surface area contributed by atoms with E-state index in [9.17, 15) is 35.4 Å². The van der Waals surface area contributed by atoms with E-state index in [1.165, 1.54) is 20.1 Å². The zero-order chi connectivity index (χ0) is 27.7. The highest BCUT2D eigenvalue weighted by molar-refractivity contribution is 6.17. The molecule has 3 aromatic rings. The van der Waals surface area contributed by atoms with Crippen LogP contribution in [0.25, 0.3) is 21.5 Å². The summed E-state index contributed by atoms with van der Waals surface area (Å²) in [6, 6.07) is 4.00. The Bertz CT molecular complexity index is 1440. The number of aromatic hydroxyl groups is 4. The Balaban J connectivity index is 1.77. The number of methoxy groups -OCH3 is 1. The molecule has 11 heteroatoms. The summed E-state index contributed by atoms with van der Waals surface area (Å²) in [4.78, 5) is 12.5. The van der Waals surface area contributed by atoms with Crippen molar-refractivity contribution >= 4 is 27.3 Å². The second kappa shape index (κ2) is 9.14. The summed E-state index contributed by atoms with van der Waals surface area (Å²) in [6.45, 7) is 2.82. The van der Waals surface area contributed by atoms with Crippen molar-refractivity contribution in [2.75, 3.05) is 7.11 Å². The molecule has 5 rings (SSSR count). The zero-order valence-corrected chi connectivity index (χ0v) is 21.1. The van der Waals surface area contributed by atoms with Gasteiger partial charge in [-0.05, 0) is 19.9 Å². The molecule has 1 saturated heterocycles. The third-order valence-corrected chi connectivity index (χ3v) is 7.84. The molecule has 2 aliphatic rings. The molecule has 6 atom stereocenters. The van der Waals surface area contributed by atoms with E-state index < -0.39 is 65.0 Å². The minimum absolute atomic E-state index is 0.0194. The van der Waals surface area contributed by atoms with Gasteiger partial charge in [0.05, 0.1) is 41.6 Å². The number of hydrogen-bond donors (Lipinski definition) is 7. The van der Waals surface area contributed by atoms with Crippen molar-refractivity contribution in [3.8, 4) is 28.7 Å². The summed E-state index contributed by atoms with van der Waals surface area (Å²) in [6.07, 6.45) is -4.31. The normalized spacial score (nSPS) is 29.4. The Kier molecular flexibility index (Phi) is 6.32. The minimum atomic E-state index is -1.96. The first kappa shape index (κ1) is 26.3. The quantitative estimate of drug-likeness (QED) is 0.193. The molecule has 204 valence electrons. The van der Waals surface area contributed by atoms with Crippen molar-refractivity contribution in [1.29, 1.82) is 0 Å². The molecular weight excluding hydrogens is 498 g/mol. The van der Waals surface area contributed by atoms with Crippen molar-refractivity contribution in [1.82, 2.24) is 0 Å². The number of phenols is 4. The van der Waals surface area contributed by atoms with Crippen molar-refractivity contribution in [2.45, 2.75) is 69.4 Å².